The minimum atomic E-state index is -0.508. The Bertz CT molecular complexity index is 221. The van der Waals surface area contributed by atoms with Crippen molar-refractivity contribution in [3.05, 3.63) is 0 Å². The van der Waals surface area contributed by atoms with Gasteiger partial charge in [-0.25, -0.2) is 0 Å². The number of esters is 2. The van der Waals surface area contributed by atoms with Gasteiger partial charge in [0, 0.05) is 13.8 Å². The fourth-order valence-electron chi connectivity index (χ4n) is 1.08. The van der Waals surface area contributed by atoms with Crippen LogP contribution >= 0.6 is 0 Å². The van der Waals surface area contributed by atoms with E-state index in [1.807, 2.05) is 0 Å². The second-order valence-electron chi connectivity index (χ2n) is 3.53. The van der Waals surface area contributed by atoms with Gasteiger partial charge in [0.25, 0.3) is 0 Å². The van der Waals surface area contributed by atoms with Gasteiger partial charge in [0.1, 0.15) is 13.2 Å². The second-order valence-corrected chi connectivity index (χ2v) is 3.53. The Kier molecular flexibility index (Phi) is 8.29. The Morgan fingerprint density at radius 2 is 1.35 bits per heavy atom. The monoisotopic (exact) mass is 249 g/mol. The van der Waals surface area contributed by atoms with Crippen LogP contribution in [0.15, 0.2) is 0 Å². The summed E-state index contributed by atoms with van der Waals surface area (Å²) in [6.07, 6.45) is 0. The third-order valence-electron chi connectivity index (χ3n) is 1.89. The molecule has 0 saturated carbocycles. The molecule has 0 aromatic carbocycles. The molecule has 100 valence electrons. The van der Waals surface area contributed by atoms with Gasteiger partial charge >= 0.3 is 11.9 Å². The minimum absolute atomic E-state index is 0.0115. The largest absolute Gasteiger partial charge is 0.464 e. The van der Waals surface area contributed by atoms with Gasteiger partial charge in [0.2, 0.25) is 0 Å². The fraction of sp³-hybridized carbons (Fsp3) is 0.800. The number of carbonyl (C=O) groups is 2. The normalized spacial score (nSPS) is 13.9. The highest BCUT2D eigenvalue weighted by Gasteiger charge is 2.16. The summed E-state index contributed by atoms with van der Waals surface area (Å²) in [6, 6.07) is -1.02. The van der Waals surface area contributed by atoms with E-state index in [0.29, 0.717) is 0 Å². The molecule has 3 N–H and O–H groups in total. The molecule has 0 aromatic heterocycles. The number of aliphatic hydroxyl groups is 2. The van der Waals surface area contributed by atoms with Crippen LogP contribution in [-0.4, -0.2) is 60.7 Å². The summed E-state index contributed by atoms with van der Waals surface area (Å²) in [7, 11) is 0. The van der Waals surface area contributed by atoms with E-state index in [-0.39, 0.29) is 26.4 Å². The molecule has 0 aliphatic rings. The zero-order valence-corrected chi connectivity index (χ0v) is 10.0. The Hall–Kier alpha value is -1.18. The van der Waals surface area contributed by atoms with Gasteiger partial charge in [-0.15, -0.1) is 0 Å². The molecule has 0 bridgehead atoms. The predicted octanol–water partition coefficient (Wildman–Crippen LogP) is -1.58. The van der Waals surface area contributed by atoms with Crippen LogP contribution in [0.5, 0.6) is 0 Å². The number of aliphatic hydroxyl groups excluding tert-OH is 2. The highest BCUT2D eigenvalue weighted by Crippen LogP contribution is 1.92. The van der Waals surface area contributed by atoms with Crippen molar-refractivity contribution in [2.24, 2.45) is 0 Å². The Morgan fingerprint density at radius 3 is 1.59 bits per heavy atom. The summed E-state index contributed by atoms with van der Waals surface area (Å²) < 4.78 is 9.43. The van der Waals surface area contributed by atoms with E-state index >= 15 is 0 Å². The SMILES string of the molecule is CC(=O)OCC(CO)NC(CO)COC(C)=O. The van der Waals surface area contributed by atoms with Crippen molar-refractivity contribution in [3.8, 4) is 0 Å². The molecule has 7 heteroatoms. The number of hydrogen-bond acceptors (Lipinski definition) is 7. The molecule has 7 nitrogen and oxygen atoms in total. The molecule has 0 aliphatic carbocycles. The van der Waals surface area contributed by atoms with Crippen molar-refractivity contribution in [1.82, 2.24) is 5.32 Å². The van der Waals surface area contributed by atoms with E-state index < -0.39 is 24.0 Å². The Labute approximate surface area is 99.7 Å². The van der Waals surface area contributed by atoms with Crippen molar-refractivity contribution < 1.29 is 29.3 Å². The number of carbonyl (C=O) groups excluding carboxylic acids is 2. The molecule has 2 unspecified atom stereocenters. The lowest BCUT2D eigenvalue weighted by atomic mass is 10.2. The smallest absolute Gasteiger partial charge is 0.302 e. The molecular weight excluding hydrogens is 230 g/mol. The average molecular weight is 249 g/mol. The van der Waals surface area contributed by atoms with Crippen molar-refractivity contribution in [3.63, 3.8) is 0 Å². The van der Waals surface area contributed by atoms with Gasteiger partial charge in [-0.2, -0.15) is 0 Å². The first kappa shape index (κ1) is 15.8. The molecule has 17 heavy (non-hydrogen) atoms. The van der Waals surface area contributed by atoms with E-state index in [0.717, 1.165) is 0 Å². The van der Waals surface area contributed by atoms with E-state index in [4.69, 9.17) is 19.7 Å². The van der Waals surface area contributed by atoms with E-state index in [2.05, 4.69) is 5.32 Å². The number of ether oxygens (including phenoxy) is 2. The van der Waals surface area contributed by atoms with Crippen LogP contribution in [0.1, 0.15) is 13.8 Å². The molecule has 0 heterocycles. The van der Waals surface area contributed by atoms with Crippen LogP contribution in [0.25, 0.3) is 0 Å². The van der Waals surface area contributed by atoms with Crippen LogP contribution in [0.4, 0.5) is 0 Å². The molecule has 0 rings (SSSR count). The lowest BCUT2D eigenvalue weighted by Gasteiger charge is -2.22. The Morgan fingerprint density at radius 1 is 1.00 bits per heavy atom. The maximum atomic E-state index is 10.6. The predicted molar refractivity (Wildman–Crippen MR) is 58.1 cm³/mol. The maximum Gasteiger partial charge on any atom is 0.302 e. The fourth-order valence-corrected chi connectivity index (χ4v) is 1.08. The lowest BCUT2D eigenvalue weighted by Crippen LogP contribution is -2.47. The highest BCUT2D eigenvalue weighted by atomic mass is 16.5. The van der Waals surface area contributed by atoms with Crippen molar-refractivity contribution >= 4 is 11.9 Å². The first-order chi connectivity index (χ1) is 7.99. The van der Waals surface area contributed by atoms with Crippen molar-refractivity contribution in [2.45, 2.75) is 25.9 Å². The summed E-state index contributed by atoms with van der Waals surface area (Å²) >= 11 is 0. The number of hydrogen-bond donors (Lipinski definition) is 3. The molecular formula is C10H19NO6. The first-order valence-electron chi connectivity index (χ1n) is 5.24. The molecule has 0 radical (unpaired) electrons. The van der Waals surface area contributed by atoms with Crippen LogP contribution in [0.2, 0.25) is 0 Å². The van der Waals surface area contributed by atoms with Gasteiger partial charge in [0.05, 0.1) is 25.3 Å². The van der Waals surface area contributed by atoms with Gasteiger partial charge in [-0.05, 0) is 0 Å². The molecule has 0 amide bonds. The van der Waals surface area contributed by atoms with Crippen molar-refractivity contribution in [1.29, 1.82) is 0 Å². The molecule has 0 spiro atoms. The van der Waals surface area contributed by atoms with Crippen LogP contribution in [-0.2, 0) is 19.1 Å². The van der Waals surface area contributed by atoms with Gasteiger partial charge in [-0.1, -0.05) is 0 Å². The third kappa shape index (κ3) is 8.61. The third-order valence-corrected chi connectivity index (χ3v) is 1.89. The highest BCUT2D eigenvalue weighted by molar-refractivity contribution is 5.66. The molecule has 0 fully saturated rings. The van der Waals surface area contributed by atoms with E-state index in [1.54, 1.807) is 0 Å². The summed E-state index contributed by atoms with van der Waals surface area (Å²) in [5, 5.41) is 20.8. The Balaban J connectivity index is 4.02. The van der Waals surface area contributed by atoms with Gasteiger partial charge in [-0.3, -0.25) is 9.59 Å². The quantitative estimate of drug-likeness (QED) is 0.446. The maximum absolute atomic E-state index is 10.6. The number of nitrogens with one attached hydrogen (secondary N) is 1. The summed E-state index contributed by atoms with van der Waals surface area (Å²) in [6.45, 7) is 1.98. The number of rotatable bonds is 8. The van der Waals surface area contributed by atoms with Gasteiger partial charge < -0.3 is 25.0 Å². The zero-order chi connectivity index (χ0) is 13.3. The summed E-state index contributed by atoms with van der Waals surface area (Å²) in [5.74, 6) is -0.906. The molecule has 0 saturated heterocycles. The summed E-state index contributed by atoms with van der Waals surface area (Å²) in [4.78, 5) is 21.2. The summed E-state index contributed by atoms with van der Waals surface area (Å²) in [5.41, 5.74) is 0. The minimum Gasteiger partial charge on any atom is -0.464 e. The topological polar surface area (TPSA) is 105 Å². The van der Waals surface area contributed by atoms with Crippen molar-refractivity contribution in [2.75, 3.05) is 26.4 Å². The van der Waals surface area contributed by atoms with E-state index in [9.17, 15) is 9.59 Å². The van der Waals surface area contributed by atoms with Crippen LogP contribution in [0.3, 0.4) is 0 Å². The van der Waals surface area contributed by atoms with Gasteiger partial charge in [0.15, 0.2) is 0 Å². The average Bonchev–Trinajstić information content (AvgIpc) is 2.27. The molecule has 0 aliphatic heterocycles. The second kappa shape index (κ2) is 8.91. The van der Waals surface area contributed by atoms with Crippen LogP contribution in [0, 0.1) is 0 Å². The van der Waals surface area contributed by atoms with E-state index in [1.165, 1.54) is 13.8 Å². The van der Waals surface area contributed by atoms with Crippen LogP contribution < -0.4 is 5.32 Å². The molecule has 0 aromatic rings. The standard InChI is InChI=1S/C10H19NO6/c1-7(14)16-5-9(3-12)11-10(4-13)6-17-8(2)15/h9-13H,3-6H2,1-2H3. The zero-order valence-electron chi connectivity index (χ0n) is 10.0. The first-order valence-corrected chi connectivity index (χ1v) is 5.24. The molecule has 2 atom stereocenters. The lowest BCUT2D eigenvalue weighted by molar-refractivity contribution is -0.142.